The second kappa shape index (κ2) is 4.82. The molecule has 0 aromatic heterocycles. The van der Waals surface area contributed by atoms with Gasteiger partial charge in [0.25, 0.3) is 0 Å². The molecule has 0 saturated heterocycles. The van der Waals surface area contributed by atoms with Gasteiger partial charge in [-0.05, 0) is 30.4 Å². The van der Waals surface area contributed by atoms with E-state index in [4.69, 9.17) is 0 Å². The predicted molar refractivity (Wildman–Crippen MR) is 89.5 cm³/mol. The molecule has 1 aromatic rings. The molecule has 22 heavy (non-hydrogen) atoms. The van der Waals surface area contributed by atoms with Crippen LogP contribution in [0.4, 0.5) is 5.69 Å². The number of anilines is 1. The fourth-order valence-electron chi connectivity index (χ4n) is 4.22. The van der Waals surface area contributed by atoms with Gasteiger partial charge in [-0.2, -0.15) is 0 Å². The fourth-order valence-corrected chi connectivity index (χ4v) is 5.73. The van der Waals surface area contributed by atoms with Gasteiger partial charge in [0.15, 0.2) is 5.78 Å². The van der Waals surface area contributed by atoms with E-state index in [9.17, 15) is 9.59 Å². The molecule has 0 spiro atoms. The van der Waals surface area contributed by atoms with Crippen molar-refractivity contribution in [3.8, 4) is 0 Å². The number of hydrazine groups is 1. The summed E-state index contributed by atoms with van der Waals surface area (Å²) in [4.78, 5) is 25.2. The van der Waals surface area contributed by atoms with Gasteiger partial charge in [-0.25, -0.2) is 0 Å². The SMILES string of the molecule is CC1(C)[C@@]2(C)CC[C@]1(C(=O)NNc1ccccc1)[C@H](Br)C2=O. The number of nitrogens with one attached hydrogen (secondary N) is 2. The van der Waals surface area contributed by atoms with Crippen LogP contribution in [0.3, 0.4) is 0 Å². The number of carbonyl (C=O) groups is 2. The molecule has 3 rings (SSSR count). The van der Waals surface area contributed by atoms with Gasteiger partial charge in [-0.1, -0.05) is 54.9 Å². The maximum Gasteiger partial charge on any atom is 0.246 e. The van der Waals surface area contributed by atoms with Crippen LogP contribution in [-0.2, 0) is 9.59 Å². The molecule has 0 aliphatic heterocycles. The van der Waals surface area contributed by atoms with Crippen LogP contribution in [0.2, 0.25) is 0 Å². The average Bonchev–Trinajstić information content (AvgIpc) is 2.78. The highest BCUT2D eigenvalue weighted by molar-refractivity contribution is 9.10. The Kier molecular flexibility index (Phi) is 3.40. The van der Waals surface area contributed by atoms with Crippen molar-refractivity contribution in [2.45, 2.75) is 38.4 Å². The van der Waals surface area contributed by atoms with E-state index in [1.54, 1.807) is 0 Å². The van der Waals surface area contributed by atoms with Crippen LogP contribution in [0.5, 0.6) is 0 Å². The molecule has 2 aliphatic carbocycles. The van der Waals surface area contributed by atoms with E-state index >= 15 is 0 Å². The predicted octanol–water partition coefficient (Wildman–Crippen LogP) is 3.29. The van der Waals surface area contributed by atoms with Crippen molar-refractivity contribution in [3.63, 3.8) is 0 Å². The molecule has 118 valence electrons. The minimum atomic E-state index is -0.708. The van der Waals surface area contributed by atoms with E-state index in [1.165, 1.54) is 0 Å². The van der Waals surface area contributed by atoms with Gasteiger partial charge in [0.05, 0.1) is 15.9 Å². The number of para-hydroxylation sites is 1. The van der Waals surface area contributed by atoms with E-state index in [-0.39, 0.29) is 17.1 Å². The molecular weight excluding hydrogens is 344 g/mol. The molecule has 0 heterocycles. The van der Waals surface area contributed by atoms with Gasteiger partial charge in [-0.15, -0.1) is 0 Å². The lowest BCUT2D eigenvalue weighted by molar-refractivity contribution is -0.135. The van der Waals surface area contributed by atoms with Gasteiger partial charge >= 0.3 is 0 Å². The zero-order valence-electron chi connectivity index (χ0n) is 13.1. The van der Waals surface area contributed by atoms with E-state index in [2.05, 4.69) is 26.8 Å². The smallest absolute Gasteiger partial charge is 0.246 e. The summed E-state index contributed by atoms with van der Waals surface area (Å²) in [5.74, 6) is 0.0383. The van der Waals surface area contributed by atoms with Crippen LogP contribution in [-0.4, -0.2) is 16.5 Å². The number of hydrogen-bond donors (Lipinski definition) is 2. The van der Waals surface area contributed by atoms with Gasteiger partial charge in [-0.3, -0.25) is 20.4 Å². The van der Waals surface area contributed by atoms with Gasteiger partial charge in [0.2, 0.25) is 5.91 Å². The zero-order valence-corrected chi connectivity index (χ0v) is 14.7. The topological polar surface area (TPSA) is 58.2 Å². The number of fused-ring (bicyclic) bond motifs is 2. The second-order valence-electron chi connectivity index (χ2n) is 7.10. The molecule has 2 N–H and O–H groups in total. The fraction of sp³-hybridized carbons (Fsp3) is 0.529. The van der Waals surface area contributed by atoms with Crippen molar-refractivity contribution in [1.82, 2.24) is 5.43 Å². The highest BCUT2D eigenvalue weighted by Crippen LogP contribution is 2.72. The van der Waals surface area contributed by atoms with Crippen molar-refractivity contribution in [2.75, 3.05) is 5.43 Å². The lowest BCUT2D eigenvalue weighted by atomic mass is 9.64. The molecule has 2 saturated carbocycles. The van der Waals surface area contributed by atoms with Crippen molar-refractivity contribution in [2.24, 2.45) is 16.2 Å². The van der Waals surface area contributed by atoms with E-state index in [1.807, 2.05) is 51.1 Å². The Hall–Kier alpha value is -1.36. The van der Waals surface area contributed by atoms with Crippen molar-refractivity contribution in [3.05, 3.63) is 30.3 Å². The molecule has 5 heteroatoms. The molecule has 0 unspecified atom stereocenters. The molecule has 4 nitrogen and oxygen atoms in total. The third kappa shape index (κ3) is 1.69. The number of hydrogen-bond acceptors (Lipinski definition) is 3. The largest absolute Gasteiger partial charge is 0.299 e. The summed E-state index contributed by atoms with van der Waals surface area (Å²) in [6.45, 7) is 6.08. The number of Topliss-reactive ketones (excluding diaryl/α,β-unsaturated/α-hetero) is 1. The molecule has 1 amide bonds. The maximum atomic E-state index is 13.0. The van der Waals surface area contributed by atoms with E-state index in [0.717, 1.165) is 18.5 Å². The number of amides is 1. The van der Waals surface area contributed by atoms with Gasteiger partial charge in [0.1, 0.15) is 0 Å². The van der Waals surface area contributed by atoms with Crippen LogP contribution in [0.25, 0.3) is 0 Å². The minimum Gasteiger partial charge on any atom is -0.299 e. The van der Waals surface area contributed by atoms with Gasteiger partial charge < -0.3 is 0 Å². The Morgan fingerprint density at radius 2 is 1.82 bits per heavy atom. The lowest BCUT2D eigenvalue weighted by Gasteiger charge is -2.39. The third-order valence-corrected chi connectivity index (χ3v) is 7.42. The number of ketones is 1. The van der Waals surface area contributed by atoms with Gasteiger partial charge in [0, 0.05) is 5.41 Å². The number of carbonyl (C=O) groups excluding carboxylic acids is 2. The van der Waals surface area contributed by atoms with E-state index in [0.29, 0.717) is 0 Å². The Labute approximate surface area is 139 Å². The summed E-state index contributed by atoms with van der Waals surface area (Å²) in [6.07, 6.45) is 1.49. The standard InChI is InChI=1S/C17H21BrN2O2/c1-15(2)16(3)9-10-17(15,12(18)13(16)21)14(22)20-19-11-7-5-4-6-8-11/h4-8,12,19H,9-10H2,1-3H3,(H,20,22)/t12-,16+,17-/m1/s1. The molecule has 2 bridgehead atoms. The number of rotatable bonds is 3. The number of benzene rings is 1. The van der Waals surface area contributed by atoms with Crippen LogP contribution in [0, 0.1) is 16.2 Å². The Balaban J connectivity index is 1.87. The molecule has 0 radical (unpaired) electrons. The monoisotopic (exact) mass is 364 g/mol. The average molecular weight is 365 g/mol. The summed E-state index contributed by atoms with van der Waals surface area (Å²) in [7, 11) is 0. The summed E-state index contributed by atoms with van der Waals surface area (Å²) in [5.41, 5.74) is 5.06. The Morgan fingerprint density at radius 3 is 2.36 bits per heavy atom. The van der Waals surface area contributed by atoms with Crippen LogP contribution < -0.4 is 10.9 Å². The zero-order chi connectivity index (χ0) is 16.2. The van der Waals surface area contributed by atoms with Crippen molar-refractivity contribution in [1.29, 1.82) is 0 Å². The van der Waals surface area contributed by atoms with Crippen molar-refractivity contribution < 1.29 is 9.59 Å². The van der Waals surface area contributed by atoms with Crippen LogP contribution >= 0.6 is 15.9 Å². The van der Waals surface area contributed by atoms with Crippen LogP contribution in [0.1, 0.15) is 33.6 Å². The molecular formula is C17H21BrN2O2. The first-order valence-corrected chi connectivity index (χ1v) is 8.49. The minimum absolute atomic E-state index is 0.113. The first kappa shape index (κ1) is 15.5. The Bertz CT molecular complexity index is 631. The summed E-state index contributed by atoms with van der Waals surface area (Å²) < 4.78 is 0. The second-order valence-corrected chi connectivity index (χ2v) is 8.02. The third-order valence-electron chi connectivity index (χ3n) is 6.22. The number of alkyl halides is 1. The van der Waals surface area contributed by atoms with Crippen molar-refractivity contribution >= 4 is 33.3 Å². The highest BCUT2D eigenvalue weighted by atomic mass is 79.9. The normalized spacial score (nSPS) is 35.5. The summed E-state index contributed by atoms with van der Waals surface area (Å²) in [6, 6.07) is 9.48. The van der Waals surface area contributed by atoms with E-state index < -0.39 is 15.7 Å². The highest BCUT2D eigenvalue weighted by Gasteiger charge is 2.76. The number of halogens is 1. The first-order valence-electron chi connectivity index (χ1n) is 7.57. The lowest BCUT2D eigenvalue weighted by Crippen LogP contribution is -2.52. The first-order chi connectivity index (χ1) is 10.3. The maximum absolute atomic E-state index is 13.0. The summed E-state index contributed by atoms with van der Waals surface area (Å²) >= 11 is 3.52. The molecule has 3 atom stereocenters. The Morgan fingerprint density at radius 1 is 1.18 bits per heavy atom. The summed E-state index contributed by atoms with van der Waals surface area (Å²) in [5, 5.41) is 0. The van der Waals surface area contributed by atoms with Crippen LogP contribution in [0.15, 0.2) is 30.3 Å². The quantitative estimate of drug-likeness (QED) is 0.638. The molecule has 2 aliphatic rings. The molecule has 2 fully saturated rings. The molecule has 1 aromatic carbocycles.